The first-order valence-corrected chi connectivity index (χ1v) is 9.16. The monoisotopic (exact) mass is 394 g/mol. The Bertz CT molecular complexity index is 981. The van der Waals surface area contributed by atoms with E-state index in [4.69, 9.17) is 9.47 Å². The molecular formula is C22H22N2O5. The number of benzene rings is 2. The number of carbonyl (C=O) groups is 3. The molecule has 0 saturated heterocycles. The minimum Gasteiger partial charge on any atom is -0.488 e. The number of rotatable bonds is 6. The third kappa shape index (κ3) is 5.22. The van der Waals surface area contributed by atoms with E-state index in [1.165, 1.54) is 0 Å². The van der Waals surface area contributed by atoms with E-state index in [-0.39, 0.29) is 19.1 Å². The van der Waals surface area contributed by atoms with E-state index in [2.05, 4.69) is 10.6 Å². The fourth-order valence-corrected chi connectivity index (χ4v) is 2.77. The van der Waals surface area contributed by atoms with Crippen LogP contribution in [0.4, 0.5) is 5.69 Å². The number of fused-ring (bicyclic) bond motifs is 1. The van der Waals surface area contributed by atoms with Crippen molar-refractivity contribution in [1.29, 1.82) is 0 Å². The average molecular weight is 394 g/mol. The number of anilines is 1. The third-order valence-electron chi connectivity index (χ3n) is 4.55. The van der Waals surface area contributed by atoms with Crippen molar-refractivity contribution in [1.82, 2.24) is 5.32 Å². The molecule has 0 spiro atoms. The number of hydrogen-bond donors (Lipinski definition) is 2. The lowest BCUT2D eigenvalue weighted by Gasteiger charge is -2.16. The number of carbonyl (C=O) groups excluding carboxylic acids is 3. The maximum absolute atomic E-state index is 12.1. The fourth-order valence-electron chi connectivity index (χ4n) is 2.77. The summed E-state index contributed by atoms with van der Waals surface area (Å²) < 4.78 is 10.5. The molecule has 0 aliphatic carbocycles. The number of aryl methyl sites for hydroxylation is 1. The molecule has 2 N–H and O–H groups in total. The zero-order valence-electron chi connectivity index (χ0n) is 16.3. The number of para-hydroxylation sites is 1. The fraction of sp³-hybridized carbons (Fsp3) is 0.227. The van der Waals surface area contributed by atoms with E-state index in [0.717, 1.165) is 16.7 Å². The Labute approximate surface area is 168 Å². The molecule has 0 unspecified atom stereocenters. The van der Waals surface area contributed by atoms with Gasteiger partial charge in [0, 0.05) is 11.3 Å². The standard InChI is InChI=1S/C22H22N2O5/c1-14-6-5-8-18(15(14)2)24-20(25)11-23-21(26)13-29-22(27)17-10-16-7-3-4-9-19(16)28-12-17/h3-10H,11-13H2,1-2H3,(H,23,26)(H,24,25). The summed E-state index contributed by atoms with van der Waals surface area (Å²) in [6.07, 6.45) is 1.68. The van der Waals surface area contributed by atoms with E-state index in [9.17, 15) is 14.4 Å². The molecule has 7 nitrogen and oxygen atoms in total. The number of amides is 2. The molecule has 0 bridgehead atoms. The first kappa shape index (κ1) is 20.1. The lowest BCUT2D eigenvalue weighted by molar-refractivity contribution is -0.145. The Hall–Kier alpha value is -3.61. The van der Waals surface area contributed by atoms with Gasteiger partial charge in [0.05, 0.1) is 12.1 Å². The molecule has 3 rings (SSSR count). The molecule has 29 heavy (non-hydrogen) atoms. The van der Waals surface area contributed by atoms with Gasteiger partial charge in [-0.15, -0.1) is 0 Å². The van der Waals surface area contributed by atoms with Crippen LogP contribution in [0.2, 0.25) is 0 Å². The van der Waals surface area contributed by atoms with Gasteiger partial charge in [-0.2, -0.15) is 0 Å². The predicted molar refractivity (Wildman–Crippen MR) is 108 cm³/mol. The van der Waals surface area contributed by atoms with Gasteiger partial charge in [-0.3, -0.25) is 9.59 Å². The lowest BCUT2D eigenvalue weighted by Crippen LogP contribution is -2.36. The average Bonchev–Trinajstić information content (AvgIpc) is 2.73. The molecule has 0 atom stereocenters. The van der Waals surface area contributed by atoms with Crippen LogP contribution in [-0.4, -0.2) is 37.5 Å². The van der Waals surface area contributed by atoms with Crippen molar-refractivity contribution in [2.75, 3.05) is 25.1 Å². The van der Waals surface area contributed by atoms with Crippen LogP contribution in [0.5, 0.6) is 5.75 Å². The summed E-state index contributed by atoms with van der Waals surface area (Å²) >= 11 is 0. The van der Waals surface area contributed by atoms with Crippen LogP contribution in [0, 0.1) is 13.8 Å². The van der Waals surface area contributed by atoms with Crippen LogP contribution in [-0.2, 0) is 19.1 Å². The molecular weight excluding hydrogens is 372 g/mol. The minimum atomic E-state index is -0.630. The van der Waals surface area contributed by atoms with Crippen LogP contribution in [0.1, 0.15) is 16.7 Å². The van der Waals surface area contributed by atoms with Crippen LogP contribution in [0.25, 0.3) is 6.08 Å². The maximum Gasteiger partial charge on any atom is 0.338 e. The summed E-state index contributed by atoms with van der Waals surface area (Å²) in [5, 5.41) is 5.18. The van der Waals surface area contributed by atoms with Crippen molar-refractivity contribution >= 4 is 29.5 Å². The van der Waals surface area contributed by atoms with Gasteiger partial charge < -0.3 is 20.1 Å². The molecule has 0 radical (unpaired) electrons. The van der Waals surface area contributed by atoms with Gasteiger partial charge in [0.2, 0.25) is 5.91 Å². The van der Waals surface area contributed by atoms with Crippen molar-refractivity contribution in [3.8, 4) is 5.75 Å². The number of hydrogen-bond acceptors (Lipinski definition) is 5. The molecule has 0 saturated carbocycles. The van der Waals surface area contributed by atoms with Crippen molar-refractivity contribution in [3.63, 3.8) is 0 Å². The summed E-state index contributed by atoms with van der Waals surface area (Å²) in [5.74, 6) is -0.864. The Kier molecular flexibility index (Phi) is 6.29. The summed E-state index contributed by atoms with van der Waals surface area (Å²) in [6, 6.07) is 12.9. The smallest absolute Gasteiger partial charge is 0.338 e. The van der Waals surface area contributed by atoms with Gasteiger partial charge in [-0.1, -0.05) is 30.3 Å². The van der Waals surface area contributed by atoms with Crippen LogP contribution >= 0.6 is 0 Å². The molecule has 150 valence electrons. The number of esters is 1. The van der Waals surface area contributed by atoms with Crippen molar-refractivity contribution in [3.05, 3.63) is 64.7 Å². The molecule has 2 amide bonds. The lowest BCUT2D eigenvalue weighted by atomic mass is 10.1. The highest BCUT2D eigenvalue weighted by atomic mass is 16.5. The van der Waals surface area contributed by atoms with E-state index in [1.54, 1.807) is 12.1 Å². The second-order valence-electron chi connectivity index (χ2n) is 6.64. The van der Waals surface area contributed by atoms with Gasteiger partial charge in [0.15, 0.2) is 6.61 Å². The van der Waals surface area contributed by atoms with Crippen LogP contribution < -0.4 is 15.4 Å². The highest BCUT2D eigenvalue weighted by Crippen LogP contribution is 2.26. The second-order valence-corrected chi connectivity index (χ2v) is 6.64. The number of ether oxygens (including phenoxy) is 2. The highest BCUT2D eigenvalue weighted by molar-refractivity contribution is 5.97. The molecule has 0 aromatic heterocycles. The van der Waals surface area contributed by atoms with Crippen molar-refractivity contribution < 1.29 is 23.9 Å². The molecule has 2 aromatic carbocycles. The van der Waals surface area contributed by atoms with E-state index in [0.29, 0.717) is 17.0 Å². The Morgan fingerprint density at radius 3 is 2.66 bits per heavy atom. The SMILES string of the molecule is Cc1cccc(NC(=O)CNC(=O)COC(=O)C2=Cc3ccccc3OC2)c1C. The number of nitrogens with one attached hydrogen (secondary N) is 2. The van der Waals surface area contributed by atoms with E-state index in [1.807, 2.05) is 50.2 Å². The van der Waals surface area contributed by atoms with Gasteiger partial charge in [-0.25, -0.2) is 4.79 Å². The third-order valence-corrected chi connectivity index (χ3v) is 4.55. The Morgan fingerprint density at radius 1 is 1.03 bits per heavy atom. The van der Waals surface area contributed by atoms with Crippen LogP contribution in [0.3, 0.4) is 0 Å². The van der Waals surface area contributed by atoms with E-state index >= 15 is 0 Å². The topological polar surface area (TPSA) is 93.7 Å². The van der Waals surface area contributed by atoms with Crippen molar-refractivity contribution in [2.45, 2.75) is 13.8 Å². The maximum atomic E-state index is 12.1. The Balaban J connectivity index is 1.44. The van der Waals surface area contributed by atoms with Crippen LogP contribution in [0.15, 0.2) is 48.0 Å². The molecule has 1 aliphatic heterocycles. The summed E-state index contributed by atoms with van der Waals surface area (Å²) in [5.41, 5.74) is 3.82. The van der Waals surface area contributed by atoms with Gasteiger partial charge >= 0.3 is 5.97 Å². The van der Waals surface area contributed by atoms with E-state index < -0.39 is 18.5 Å². The zero-order valence-corrected chi connectivity index (χ0v) is 16.3. The normalized spacial score (nSPS) is 12.1. The molecule has 0 fully saturated rings. The van der Waals surface area contributed by atoms with Crippen molar-refractivity contribution in [2.24, 2.45) is 0 Å². The second kappa shape index (κ2) is 9.05. The highest BCUT2D eigenvalue weighted by Gasteiger charge is 2.19. The van der Waals surface area contributed by atoms with Gasteiger partial charge in [0.1, 0.15) is 12.4 Å². The molecule has 2 aromatic rings. The molecule has 1 aliphatic rings. The summed E-state index contributed by atoms with van der Waals surface area (Å²) in [7, 11) is 0. The molecule has 7 heteroatoms. The van der Waals surface area contributed by atoms with Gasteiger partial charge in [-0.05, 0) is 43.2 Å². The molecule has 1 heterocycles. The zero-order chi connectivity index (χ0) is 20.8. The predicted octanol–water partition coefficient (Wildman–Crippen LogP) is 2.38. The first-order chi connectivity index (χ1) is 13.9. The summed E-state index contributed by atoms with van der Waals surface area (Å²) in [4.78, 5) is 36.0. The first-order valence-electron chi connectivity index (χ1n) is 9.16. The Morgan fingerprint density at radius 2 is 1.83 bits per heavy atom. The quantitative estimate of drug-likeness (QED) is 0.734. The summed E-state index contributed by atoms with van der Waals surface area (Å²) in [6.45, 7) is 3.24. The minimum absolute atomic E-state index is 0.0791. The largest absolute Gasteiger partial charge is 0.488 e. The van der Waals surface area contributed by atoms with Gasteiger partial charge in [0.25, 0.3) is 5.91 Å².